The number of nitrogen functional groups attached to an aromatic ring is 1. The van der Waals surface area contributed by atoms with E-state index in [9.17, 15) is 22.0 Å². The average molecular weight is 291 g/mol. The highest BCUT2D eigenvalue weighted by molar-refractivity contribution is 9.10. The molecule has 0 spiro atoms. The molecule has 0 saturated carbocycles. The summed E-state index contributed by atoms with van der Waals surface area (Å²) >= 11 is 2.61. The van der Waals surface area contributed by atoms with Crippen LogP contribution >= 0.6 is 15.9 Å². The van der Waals surface area contributed by atoms with Gasteiger partial charge in [0.25, 0.3) is 6.43 Å². The summed E-state index contributed by atoms with van der Waals surface area (Å²) in [6, 6.07) is 0.759. The van der Waals surface area contributed by atoms with Crippen LogP contribution in [0.1, 0.15) is 17.7 Å². The van der Waals surface area contributed by atoms with Crippen LogP contribution in [0, 0.1) is 0 Å². The van der Waals surface area contributed by atoms with Gasteiger partial charge in [0.2, 0.25) is 0 Å². The average Bonchev–Trinajstić information content (AvgIpc) is 2.06. The minimum absolute atomic E-state index is 0.334. The zero-order chi connectivity index (χ0) is 11.8. The number of rotatable bonds is 1. The second-order valence-corrected chi connectivity index (χ2v) is 3.41. The third-order valence-corrected chi connectivity index (χ3v) is 1.97. The van der Waals surface area contributed by atoms with E-state index in [1.54, 1.807) is 0 Å². The Kier molecular flexibility index (Phi) is 3.17. The number of nitrogens with two attached hydrogens (primary N) is 1. The van der Waals surface area contributed by atoms with Gasteiger partial charge in [0.15, 0.2) is 5.69 Å². The highest BCUT2D eigenvalue weighted by Gasteiger charge is 2.37. The van der Waals surface area contributed by atoms with Crippen molar-refractivity contribution < 1.29 is 22.0 Å². The van der Waals surface area contributed by atoms with Crippen LogP contribution in [-0.2, 0) is 6.18 Å². The molecule has 0 aliphatic heterocycles. The first-order chi connectivity index (χ1) is 6.73. The molecule has 0 bridgehead atoms. The van der Waals surface area contributed by atoms with Crippen molar-refractivity contribution in [3.05, 3.63) is 21.9 Å². The van der Waals surface area contributed by atoms with Crippen molar-refractivity contribution in [1.29, 1.82) is 0 Å². The summed E-state index contributed by atoms with van der Waals surface area (Å²) in [7, 11) is 0. The van der Waals surface area contributed by atoms with E-state index in [1.165, 1.54) is 0 Å². The van der Waals surface area contributed by atoms with Crippen LogP contribution < -0.4 is 5.73 Å². The quantitative estimate of drug-likeness (QED) is 0.636. The van der Waals surface area contributed by atoms with Crippen molar-refractivity contribution in [2.45, 2.75) is 12.6 Å². The first-order valence-electron chi connectivity index (χ1n) is 3.54. The molecule has 0 aliphatic carbocycles. The van der Waals surface area contributed by atoms with Gasteiger partial charge in [-0.05, 0) is 22.0 Å². The third kappa shape index (κ3) is 2.55. The number of aromatic nitrogens is 1. The summed E-state index contributed by atoms with van der Waals surface area (Å²) in [6.07, 6.45) is -7.93. The maximum absolute atomic E-state index is 12.3. The molecular formula is C7H4BrF5N2. The molecule has 1 aromatic rings. The highest BCUT2D eigenvalue weighted by atomic mass is 79.9. The third-order valence-electron chi connectivity index (χ3n) is 1.56. The highest BCUT2D eigenvalue weighted by Crippen LogP contribution is 2.37. The first-order valence-corrected chi connectivity index (χ1v) is 4.34. The van der Waals surface area contributed by atoms with Gasteiger partial charge >= 0.3 is 6.18 Å². The van der Waals surface area contributed by atoms with E-state index in [4.69, 9.17) is 5.73 Å². The minimum atomic E-state index is -4.85. The van der Waals surface area contributed by atoms with E-state index in [0.29, 0.717) is 0 Å². The smallest absolute Gasteiger partial charge is 0.397 e. The summed E-state index contributed by atoms with van der Waals surface area (Å²) in [5, 5.41) is 0. The van der Waals surface area contributed by atoms with Crippen LogP contribution in [0.15, 0.2) is 10.7 Å². The Balaban J connectivity index is 3.42. The Morgan fingerprint density at radius 2 is 1.87 bits per heavy atom. The van der Waals surface area contributed by atoms with E-state index in [1.807, 2.05) is 0 Å². The summed E-state index contributed by atoms with van der Waals surface area (Å²) in [4.78, 5) is 3.02. The topological polar surface area (TPSA) is 38.9 Å². The van der Waals surface area contributed by atoms with Gasteiger partial charge in [0.05, 0.1) is 5.69 Å². The zero-order valence-corrected chi connectivity index (χ0v) is 8.53. The largest absolute Gasteiger partial charge is 0.435 e. The van der Waals surface area contributed by atoms with E-state index < -0.39 is 29.5 Å². The van der Waals surface area contributed by atoms with Crippen LogP contribution in [0.25, 0.3) is 0 Å². The molecule has 1 heterocycles. The maximum atomic E-state index is 12.3. The molecule has 8 heteroatoms. The maximum Gasteiger partial charge on any atom is 0.435 e. The van der Waals surface area contributed by atoms with Crippen LogP contribution in [0.2, 0.25) is 0 Å². The Morgan fingerprint density at radius 3 is 2.27 bits per heavy atom. The lowest BCUT2D eigenvalue weighted by molar-refractivity contribution is -0.140. The van der Waals surface area contributed by atoms with E-state index in [0.717, 1.165) is 6.07 Å². The van der Waals surface area contributed by atoms with Crippen LogP contribution in [-0.4, -0.2) is 4.98 Å². The summed E-state index contributed by atoms with van der Waals surface area (Å²) in [5.41, 5.74) is 1.52. The number of anilines is 1. The van der Waals surface area contributed by atoms with Crippen molar-refractivity contribution in [1.82, 2.24) is 4.98 Å². The number of hydrogen-bond acceptors (Lipinski definition) is 2. The lowest BCUT2D eigenvalue weighted by atomic mass is 10.2. The zero-order valence-electron chi connectivity index (χ0n) is 6.95. The van der Waals surface area contributed by atoms with Gasteiger partial charge in [0.1, 0.15) is 4.60 Å². The molecular weight excluding hydrogens is 287 g/mol. The molecule has 0 amide bonds. The van der Waals surface area contributed by atoms with Gasteiger partial charge in [-0.15, -0.1) is 0 Å². The molecule has 0 fully saturated rings. The molecule has 1 rings (SSSR count). The first kappa shape index (κ1) is 12.2. The van der Waals surface area contributed by atoms with E-state index in [2.05, 4.69) is 20.9 Å². The normalized spacial score (nSPS) is 12.2. The Labute approximate surface area is 89.4 Å². The summed E-state index contributed by atoms with van der Waals surface area (Å²) in [6.45, 7) is 0. The molecule has 1 aromatic heterocycles. The molecule has 0 aromatic carbocycles. The number of pyridine rings is 1. The van der Waals surface area contributed by atoms with Crippen molar-refractivity contribution >= 4 is 21.6 Å². The molecule has 15 heavy (non-hydrogen) atoms. The lowest BCUT2D eigenvalue weighted by Crippen LogP contribution is -2.14. The van der Waals surface area contributed by atoms with Crippen molar-refractivity contribution in [2.75, 3.05) is 5.73 Å². The molecule has 2 nitrogen and oxygen atoms in total. The summed E-state index contributed by atoms with van der Waals surface area (Å²) < 4.78 is 61.0. The number of halogens is 6. The van der Waals surface area contributed by atoms with Crippen LogP contribution in [0.4, 0.5) is 27.6 Å². The van der Waals surface area contributed by atoms with Gasteiger partial charge in [-0.3, -0.25) is 0 Å². The van der Waals surface area contributed by atoms with Gasteiger partial charge in [-0.1, -0.05) is 0 Å². The Bertz CT molecular complexity index is 376. The minimum Gasteiger partial charge on any atom is -0.397 e. The lowest BCUT2D eigenvalue weighted by Gasteiger charge is -2.12. The van der Waals surface area contributed by atoms with Crippen molar-refractivity contribution in [3.8, 4) is 0 Å². The molecule has 0 unspecified atom stereocenters. The monoisotopic (exact) mass is 290 g/mol. The SMILES string of the molecule is Nc1c(C(F)F)cc(Br)nc1C(F)(F)F. The second-order valence-electron chi connectivity index (χ2n) is 2.59. The predicted molar refractivity (Wildman–Crippen MR) is 46.3 cm³/mol. The van der Waals surface area contributed by atoms with Crippen molar-refractivity contribution in [2.24, 2.45) is 0 Å². The molecule has 84 valence electrons. The fourth-order valence-corrected chi connectivity index (χ4v) is 1.36. The Morgan fingerprint density at radius 1 is 1.33 bits per heavy atom. The van der Waals surface area contributed by atoms with Gasteiger partial charge in [-0.25, -0.2) is 13.8 Å². The number of alkyl halides is 5. The molecule has 0 radical (unpaired) electrons. The van der Waals surface area contributed by atoms with Crippen molar-refractivity contribution in [3.63, 3.8) is 0 Å². The fraction of sp³-hybridized carbons (Fsp3) is 0.286. The fourth-order valence-electron chi connectivity index (χ4n) is 0.939. The molecule has 0 atom stereocenters. The van der Waals surface area contributed by atoms with Crippen LogP contribution in [0.5, 0.6) is 0 Å². The number of hydrogen-bond donors (Lipinski definition) is 1. The standard InChI is InChI=1S/C7H4BrF5N2/c8-3-1-2(6(9)10)4(14)5(15-3)7(11,12)13/h1,6H,14H2. The Hall–Kier alpha value is -0.920. The molecule has 2 N–H and O–H groups in total. The van der Waals surface area contributed by atoms with Crippen LogP contribution in [0.3, 0.4) is 0 Å². The predicted octanol–water partition coefficient (Wildman–Crippen LogP) is 3.38. The van der Waals surface area contributed by atoms with E-state index in [-0.39, 0.29) is 4.60 Å². The number of nitrogens with zero attached hydrogens (tertiary/aromatic N) is 1. The molecule has 0 aliphatic rings. The van der Waals surface area contributed by atoms with Gasteiger partial charge < -0.3 is 5.73 Å². The van der Waals surface area contributed by atoms with Gasteiger partial charge in [-0.2, -0.15) is 13.2 Å². The summed E-state index contributed by atoms with van der Waals surface area (Å²) in [5.74, 6) is 0. The molecule has 0 saturated heterocycles. The van der Waals surface area contributed by atoms with E-state index >= 15 is 0 Å². The second kappa shape index (κ2) is 3.92. The van der Waals surface area contributed by atoms with Gasteiger partial charge in [0, 0.05) is 5.56 Å².